The number of hydrogen-bond donors (Lipinski definition) is 3. The van der Waals surface area contributed by atoms with Crippen molar-refractivity contribution in [3.05, 3.63) is 95.8 Å². The minimum absolute atomic E-state index is 0.00433. The number of nitrogens with zero attached hydrogens (tertiary/aromatic N) is 2. The van der Waals surface area contributed by atoms with Crippen LogP contribution in [0.15, 0.2) is 79.1 Å². The molecule has 1 aliphatic heterocycles. The number of aliphatic hydroxyl groups excluding tert-OH is 1. The van der Waals surface area contributed by atoms with Crippen molar-refractivity contribution in [2.75, 3.05) is 5.32 Å². The number of anilines is 1. The van der Waals surface area contributed by atoms with Crippen LogP contribution in [0.25, 0.3) is 11.0 Å². The number of carbonyl (C=O) groups is 1. The monoisotopic (exact) mass is 606 g/mol. The van der Waals surface area contributed by atoms with E-state index in [1.807, 2.05) is 73.1 Å². The molecule has 4 aromatic rings. The summed E-state index contributed by atoms with van der Waals surface area (Å²) in [6.07, 6.45) is 8.37. The summed E-state index contributed by atoms with van der Waals surface area (Å²) in [6.45, 7) is 2.81. The van der Waals surface area contributed by atoms with Crippen molar-refractivity contribution in [2.45, 2.75) is 82.6 Å². The summed E-state index contributed by atoms with van der Waals surface area (Å²) in [5.74, 6) is 2.39. The maximum atomic E-state index is 13.2. The van der Waals surface area contributed by atoms with Crippen molar-refractivity contribution < 1.29 is 19.4 Å². The zero-order chi connectivity index (χ0) is 30.5. The highest BCUT2D eigenvalue weighted by Crippen LogP contribution is 2.55. The molecule has 4 bridgehead atoms. The third-order valence-electron chi connectivity index (χ3n) is 10.9. The van der Waals surface area contributed by atoms with E-state index >= 15 is 0 Å². The number of hydrogen-bond acceptors (Lipinski definition) is 5. The van der Waals surface area contributed by atoms with Gasteiger partial charge < -0.3 is 29.8 Å². The third kappa shape index (κ3) is 5.64. The van der Waals surface area contributed by atoms with Crippen molar-refractivity contribution in [3.63, 3.8) is 0 Å². The molecule has 45 heavy (non-hydrogen) atoms. The van der Waals surface area contributed by atoms with Crippen LogP contribution < -0.4 is 10.6 Å². The van der Waals surface area contributed by atoms with Gasteiger partial charge >= 0.3 is 6.03 Å². The molecule has 4 aliphatic carbocycles. The first-order valence-electron chi connectivity index (χ1n) is 16.5. The normalized spacial score (nSPS) is 32.1. The number of ether oxygens (including phenoxy) is 2. The van der Waals surface area contributed by atoms with Crippen molar-refractivity contribution in [3.8, 4) is 0 Å². The number of aromatic nitrogens is 2. The molecule has 0 spiro atoms. The standard InChI is InChI=1S/C37H42N4O4/c1-23-33(20-41-22-38-31-4-2-3-5-32(31)41)44-35(45-34(23)28-8-6-24(21-42)7-9-28)29-10-12-30(13-11-29)39-36(43)40-37-17-25-14-26(18-37)16-27(15-25)19-37/h2-13,22-23,25-27,33-35,42H,14-21H2,1H3,(H2,39,40,43)/t23-,25?,26?,27?,33+,34+,35+,37?/m0/s1. The second-order valence-corrected chi connectivity index (χ2v) is 14.1. The van der Waals surface area contributed by atoms with E-state index in [9.17, 15) is 9.90 Å². The molecule has 2 heterocycles. The van der Waals surface area contributed by atoms with Gasteiger partial charge in [-0.2, -0.15) is 0 Å². The Morgan fingerprint density at radius 3 is 2.27 bits per heavy atom. The number of nitrogens with one attached hydrogen (secondary N) is 2. The zero-order valence-electron chi connectivity index (χ0n) is 25.8. The molecule has 8 heteroatoms. The minimum atomic E-state index is -0.585. The van der Waals surface area contributed by atoms with E-state index in [1.54, 1.807) is 0 Å². The van der Waals surface area contributed by atoms with E-state index < -0.39 is 6.29 Å². The molecule has 8 nitrogen and oxygen atoms in total. The minimum Gasteiger partial charge on any atom is -0.392 e. The Hall–Kier alpha value is -3.72. The molecule has 3 aromatic carbocycles. The van der Waals surface area contributed by atoms with Gasteiger partial charge in [0.25, 0.3) is 0 Å². The van der Waals surface area contributed by atoms with Crippen LogP contribution in [0.3, 0.4) is 0 Å². The third-order valence-corrected chi connectivity index (χ3v) is 10.9. The fourth-order valence-electron chi connectivity index (χ4n) is 9.07. The van der Waals surface area contributed by atoms with Gasteiger partial charge in [0.15, 0.2) is 6.29 Å². The number of aliphatic hydroxyl groups is 1. The summed E-state index contributed by atoms with van der Waals surface area (Å²) in [4.78, 5) is 17.7. The topological polar surface area (TPSA) is 97.6 Å². The lowest BCUT2D eigenvalue weighted by atomic mass is 9.53. The highest BCUT2D eigenvalue weighted by Gasteiger charge is 2.51. The predicted octanol–water partition coefficient (Wildman–Crippen LogP) is 7.11. The molecular formula is C37H42N4O4. The Bertz CT molecular complexity index is 1630. The van der Waals surface area contributed by atoms with Gasteiger partial charge in [0.1, 0.15) is 0 Å². The van der Waals surface area contributed by atoms with Gasteiger partial charge in [0.05, 0.1) is 42.7 Å². The van der Waals surface area contributed by atoms with E-state index in [2.05, 4.69) is 33.2 Å². The summed E-state index contributed by atoms with van der Waals surface area (Å²) >= 11 is 0. The Kier molecular flexibility index (Phi) is 7.39. The van der Waals surface area contributed by atoms with Gasteiger partial charge in [-0.25, -0.2) is 9.78 Å². The number of carbonyl (C=O) groups excluding carboxylic acids is 1. The highest BCUT2D eigenvalue weighted by molar-refractivity contribution is 5.89. The van der Waals surface area contributed by atoms with Crippen LogP contribution in [-0.4, -0.2) is 32.3 Å². The molecule has 2 amide bonds. The summed E-state index contributed by atoms with van der Waals surface area (Å²) in [5.41, 5.74) is 5.57. The number of fused-ring (bicyclic) bond motifs is 1. The molecule has 4 atom stereocenters. The number of rotatable bonds is 7. The van der Waals surface area contributed by atoms with E-state index in [4.69, 9.17) is 9.47 Å². The van der Waals surface area contributed by atoms with Crippen LogP contribution in [0, 0.1) is 23.7 Å². The largest absolute Gasteiger partial charge is 0.392 e. The summed E-state index contributed by atoms with van der Waals surface area (Å²) in [5, 5.41) is 16.1. The highest BCUT2D eigenvalue weighted by atomic mass is 16.7. The van der Waals surface area contributed by atoms with Crippen LogP contribution in [0.1, 0.15) is 74.5 Å². The van der Waals surface area contributed by atoms with Crippen LogP contribution in [0.5, 0.6) is 0 Å². The average molecular weight is 607 g/mol. The lowest BCUT2D eigenvalue weighted by molar-refractivity contribution is -0.276. The lowest BCUT2D eigenvalue weighted by Gasteiger charge is -2.56. The fraction of sp³-hybridized carbons (Fsp3) is 0.459. The second-order valence-electron chi connectivity index (χ2n) is 14.1. The molecule has 9 rings (SSSR count). The van der Waals surface area contributed by atoms with Gasteiger partial charge in [-0.05, 0) is 91.7 Å². The van der Waals surface area contributed by atoms with Crippen molar-refractivity contribution in [1.29, 1.82) is 0 Å². The first-order chi connectivity index (χ1) is 21.9. The Balaban J connectivity index is 0.996. The van der Waals surface area contributed by atoms with Gasteiger partial charge in [-0.15, -0.1) is 0 Å². The molecule has 4 saturated carbocycles. The second kappa shape index (κ2) is 11.6. The molecule has 3 N–H and O–H groups in total. The summed E-state index contributed by atoms with van der Waals surface area (Å²) in [6, 6.07) is 23.8. The van der Waals surface area contributed by atoms with Crippen molar-refractivity contribution in [1.82, 2.24) is 14.9 Å². The van der Waals surface area contributed by atoms with E-state index in [0.717, 1.165) is 70.4 Å². The van der Waals surface area contributed by atoms with Crippen LogP contribution in [0.2, 0.25) is 0 Å². The van der Waals surface area contributed by atoms with Crippen molar-refractivity contribution >= 4 is 22.8 Å². The van der Waals surface area contributed by atoms with E-state index in [-0.39, 0.29) is 36.3 Å². The van der Waals surface area contributed by atoms with E-state index in [0.29, 0.717) is 6.54 Å². The number of para-hydroxylation sites is 2. The number of imidazole rings is 1. The fourth-order valence-corrected chi connectivity index (χ4v) is 9.07. The summed E-state index contributed by atoms with van der Waals surface area (Å²) in [7, 11) is 0. The Morgan fingerprint density at radius 1 is 0.911 bits per heavy atom. The molecule has 1 aromatic heterocycles. The number of amides is 2. The zero-order valence-corrected chi connectivity index (χ0v) is 25.8. The van der Waals surface area contributed by atoms with Crippen LogP contribution in [0.4, 0.5) is 10.5 Å². The van der Waals surface area contributed by atoms with Crippen LogP contribution in [-0.2, 0) is 22.6 Å². The molecule has 5 aliphatic rings. The number of urea groups is 1. The van der Waals surface area contributed by atoms with Crippen molar-refractivity contribution in [2.24, 2.45) is 23.7 Å². The lowest BCUT2D eigenvalue weighted by Crippen LogP contribution is -2.60. The SMILES string of the molecule is C[C@H]1[C@@H](Cn2cnc3ccccc32)O[C@@H](c2ccc(NC(=O)NC34CC5CC(CC(C5)C3)C4)cc2)O[C@H]1c1ccc(CO)cc1. The quantitative estimate of drug-likeness (QED) is 0.208. The predicted molar refractivity (Wildman–Crippen MR) is 172 cm³/mol. The molecule has 0 unspecified atom stereocenters. The smallest absolute Gasteiger partial charge is 0.319 e. The van der Waals surface area contributed by atoms with E-state index in [1.165, 1.54) is 19.3 Å². The molecule has 234 valence electrons. The molecule has 5 fully saturated rings. The first-order valence-corrected chi connectivity index (χ1v) is 16.5. The maximum Gasteiger partial charge on any atom is 0.319 e. The molecular weight excluding hydrogens is 564 g/mol. The Labute approximate surface area is 264 Å². The first kappa shape index (κ1) is 28.7. The average Bonchev–Trinajstić information content (AvgIpc) is 3.44. The maximum absolute atomic E-state index is 13.2. The van der Waals surface area contributed by atoms with Gasteiger partial charge in [0, 0.05) is 22.7 Å². The number of benzene rings is 3. The van der Waals surface area contributed by atoms with Crippen LogP contribution >= 0.6 is 0 Å². The van der Waals surface area contributed by atoms with Gasteiger partial charge in [-0.3, -0.25) is 0 Å². The van der Waals surface area contributed by atoms with Gasteiger partial charge in [0.2, 0.25) is 0 Å². The molecule has 0 radical (unpaired) electrons. The van der Waals surface area contributed by atoms with Gasteiger partial charge in [-0.1, -0.05) is 55.5 Å². The summed E-state index contributed by atoms with van der Waals surface area (Å²) < 4.78 is 15.5. The Morgan fingerprint density at radius 2 is 1.58 bits per heavy atom. The molecule has 1 saturated heterocycles.